The average molecular weight is 537 g/mol. The summed E-state index contributed by atoms with van der Waals surface area (Å²) in [4.78, 5) is 53.1. The number of rotatable bonds is 15. The molecule has 3 amide bonds. The van der Waals surface area contributed by atoms with Crippen LogP contribution in [0.4, 0.5) is 14.4 Å². The number of nitrogens with zero attached hydrogens (tertiary/aromatic N) is 4. The molecule has 0 saturated carbocycles. The molecule has 13 nitrogen and oxygen atoms in total. The standard InChI is InChI=1S/C24H48N4O9/c1-22(2,3)35-26(19(29)30)16-10-13-25(14-11-17-27(20(31)32)36-23(4,5)6)15-12-18-28(21(33)34)37-24(7,8)9/h10-18H2,1-9H3,(H,29,30)(H,31,32)(H,33,34). The third-order valence-corrected chi connectivity index (χ3v) is 4.30. The van der Waals surface area contributed by atoms with Gasteiger partial charge in [0, 0.05) is 0 Å². The van der Waals surface area contributed by atoms with Crippen LogP contribution in [-0.2, 0) is 14.5 Å². The topological polar surface area (TPSA) is 153 Å². The summed E-state index contributed by atoms with van der Waals surface area (Å²) >= 11 is 0. The van der Waals surface area contributed by atoms with Crippen LogP contribution in [0.2, 0.25) is 0 Å². The van der Waals surface area contributed by atoms with E-state index in [1.807, 2.05) is 4.90 Å². The molecule has 0 aromatic rings. The molecule has 0 radical (unpaired) electrons. The number of carbonyl (C=O) groups is 3. The number of carboxylic acid groups (broad SMARTS) is 3. The second kappa shape index (κ2) is 15.2. The van der Waals surface area contributed by atoms with E-state index in [1.165, 1.54) is 0 Å². The van der Waals surface area contributed by atoms with Crippen molar-refractivity contribution < 1.29 is 44.2 Å². The first kappa shape index (κ1) is 34.6. The molecule has 13 heteroatoms. The van der Waals surface area contributed by atoms with E-state index in [0.29, 0.717) is 38.9 Å². The second-order valence-corrected chi connectivity index (χ2v) is 11.7. The maximum atomic E-state index is 11.5. The molecule has 0 aliphatic rings. The third-order valence-electron chi connectivity index (χ3n) is 4.30. The van der Waals surface area contributed by atoms with E-state index in [0.717, 1.165) is 15.2 Å². The van der Waals surface area contributed by atoms with Gasteiger partial charge in [0.2, 0.25) is 0 Å². The summed E-state index contributed by atoms with van der Waals surface area (Å²) in [6.45, 7) is 17.8. The zero-order valence-electron chi connectivity index (χ0n) is 23.9. The fourth-order valence-electron chi connectivity index (χ4n) is 3.18. The highest BCUT2D eigenvalue weighted by Crippen LogP contribution is 2.14. The Hall–Kier alpha value is -2.35. The molecule has 37 heavy (non-hydrogen) atoms. The molecule has 0 rings (SSSR count). The Bertz CT molecular complexity index is 619. The van der Waals surface area contributed by atoms with E-state index in [-0.39, 0.29) is 19.6 Å². The van der Waals surface area contributed by atoms with E-state index in [9.17, 15) is 29.7 Å². The Morgan fingerprint density at radius 3 is 0.865 bits per heavy atom. The van der Waals surface area contributed by atoms with Crippen molar-refractivity contribution in [1.82, 2.24) is 20.1 Å². The van der Waals surface area contributed by atoms with Gasteiger partial charge in [-0.1, -0.05) is 0 Å². The first-order valence-corrected chi connectivity index (χ1v) is 12.5. The molecule has 0 atom stereocenters. The van der Waals surface area contributed by atoms with Crippen LogP contribution in [0.1, 0.15) is 81.6 Å². The summed E-state index contributed by atoms with van der Waals surface area (Å²) < 4.78 is 0. The van der Waals surface area contributed by atoms with Gasteiger partial charge in [0.05, 0.1) is 36.4 Å². The molecule has 0 saturated heterocycles. The molecule has 0 aliphatic carbocycles. The van der Waals surface area contributed by atoms with Crippen molar-refractivity contribution in [1.29, 1.82) is 0 Å². The fourth-order valence-corrected chi connectivity index (χ4v) is 3.18. The molecule has 0 aromatic carbocycles. The summed E-state index contributed by atoms with van der Waals surface area (Å²) in [5, 5.41) is 31.0. The monoisotopic (exact) mass is 536 g/mol. The molecule has 0 aliphatic heterocycles. The normalized spacial score (nSPS) is 12.5. The molecule has 3 N–H and O–H groups in total. The van der Waals surface area contributed by atoms with Gasteiger partial charge in [-0.25, -0.2) is 14.4 Å². The lowest BCUT2D eigenvalue weighted by Crippen LogP contribution is -2.41. The minimum atomic E-state index is -1.19. The maximum absolute atomic E-state index is 11.5. The Morgan fingerprint density at radius 2 is 0.703 bits per heavy atom. The van der Waals surface area contributed by atoms with Crippen LogP contribution in [0.25, 0.3) is 0 Å². The van der Waals surface area contributed by atoms with Gasteiger partial charge in [0.25, 0.3) is 0 Å². The lowest BCUT2D eigenvalue weighted by molar-refractivity contribution is -0.204. The van der Waals surface area contributed by atoms with E-state index >= 15 is 0 Å². The Balaban J connectivity index is 5.16. The zero-order valence-corrected chi connectivity index (χ0v) is 23.9. The lowest BCUT2D eigenvalue weighted by Gasteiger charge is -2.30. The van der Waals surface area contributed by atoms with Gasteiger partial charge < -0.3 is 20.2 Å². The van der Waals surface area contributed by atoms with E-state index < -0.39 is 35.1 Å². The summed E-state index contributed by atoms with van der Waals surface area (Å²) in [6.07, 6.45) is -2.17. The van der Waals surface area contributed by atoms with Crippen molar-refractivity contribution in [2.24, 2.45) is 0 Å². The van der Waals surface area contributed by atoms with Gasteiger partial charge >= 0.3 is 18.3 Å². The molecule has 218 valence electrons. The predicted octanol–water partition coefficient (Wildman–Crippen LogP) is 4.59. The minimum Gasteiger partial charge on any atom is -0.463 e. The largest absolute Gasteiger partial charge is 0.463 e. The van der Waals surface area contributed by atoms with Crippen LogP contribution in [-0.4, -0.2) is 110 Å². The Labute approximate surface area is 220 Å². The van der Waals surface area contributed by atoms with Crippen molar-refractivity contribution in [3.8, 4) is 0 Å². The smallest absolute Gasteiger partial charge is 0.431 e. The first-order valence-electron chi connectivity index (χ1n) is 12.5. The Morgan fingerprint density at radius 1 is 0.486 bits per heavy atom. The number of amides is 3. The third kappa shape index (κ3) is 18.5. The van der Waals surface area contributed by atoms with Crippen molar-refractivity contribution in [3.05, 3.63) is 0 Å². The van der Waals surface area contributed by atoms with Gasteiger partial charge in [0.1, 0.15) is 0 Å². The summed E-state index contributed by atoms with van der Waals surface area (Å²) in [6, 6.07) is 0. The highest BCUT2D eigenvalue weighted by Gasteiger charge is 2.24. The molecule has 0 unspecified atom stereocenters. The predicted molar refractivity (Wildman–Crippen MR) is 137 cm³/mol. The van der Waals surface area contributed by atoms with E-state index in [1.54, 1.807) is 62.3 Å². The van der Waals surface area contributed by atoms with Crippen LogP contribution in [0, 0.1) is 0 Å². The van der Waals surface area contributed by atoms with Gasteiger partial charge in [-0.2, -0.15) is 15.2 Å². The zero-order chi connectivity index (χ0) is 29.0. The van der Waals surface area contributed by atoms with Crippen molar-refractivity contribution in [2.45, 2.75) is 98.4 Å². The first-order chi connectivity index (χ1) is 16.7. The number of hydrogen-bond donors (Lipinski definition) is 3. The molecule has 0 aromatic heterocycles. The average Bonchev–Trinajstić information content (AvgIpc) is 2.68. The van der Waals surface area contributed by atoms with Crippen molar-refractivity contribution in [2.75, 3.05) is 39.3 Å². The van der Waals surface area contributed by atoms with Crippen LogP contribution < -0.4 is 0 Å². The van der Waals surface area contributed by atoms with Gasteiger partial charge in [-0.05, 0) is 101 Å². The molecule has 0 heterocycles. The molecule has 0 bridgehead atoms. The van der Waals surface area contributed by atoms with Crippen molar-refractivity contribution in [3.63, 3.8) is 0 Å². The highest BCUT2D eigenvalue weighted by molar-refractivity contribution is 5.64. The van der Waals surface area contributed by atoms with Crippen LogP contribution in [0.15, 0.2) is 0 Å². The number of hydrogen-bond acceptors (Lipinski definition) is 7. The molecule has 0 fully saturated rings. The summed E-state index contributed by atoms with van der Waals surface area (Å²) in [7, 11) is 0. The fraction of sp³-hybridized carbons (Fsp3) is 0.875. The second-order valence-electron chi connectivity index (χ2n) is 11.7. The van der Waals surface area contributed by atoms with Crippen LogP contribution >= 0.6 is 0 Å². The molecular formula is C24H48N4O9. The van der Waals surface area contributed by atoms with Crippen LogP contribution in [0.3, 0.4) is 0 Å². The van der Waals surface area contributed by atoms with E-state index in [2.05, 4.69) is 0 Å². The highest BCUT2D eigenvalue weighted by atomic mass is 16.7. The van der Waals surface area contributed by atoms with Gasteiger partial charge in [-0.15, -0.1) is 0 Å². The minimum absolute atomic E-state index is 0.145. The van der Waals surface area contributed by atoms with E-state index in [4.69, 9.17) is 14.5 Å². The van der Waals surface area contributed by atoms with Crippen molar-refractivity contribution >= 4 is 18.3 Å². The van der Waals surface area contributed by atoms with Crippen LogP contribution in [0.5, 0.6) is 0 Å². The number of hydroxylamine groups is 6. The maximum Gasteiger partial charge on any atom is 0.431 e. The molecule has 0 spiro atoms. The lowest BCUT2D eigenvalue weighted by atomic mass is 10.2. The van der Waals surface area contributed by atoms with Gasteiger partial charge in [0.15, 0.2) is 0 Å². The Kier molecular flexibility index (Phi) is 14.2. The summed E-state index contributed by atoms with van der Waals surface area (Å²) in [5.74, 6) is 0. The SMILES string of the molecule is CC(C)(C)ON(CCCN(CCCN(OC(C)(C)C)C(=O)O)CCCN(OC(C)(C)C)C(=O)O)C(=O)O. The quantitative estimate of drug-likeness (QED) is 0.253. The summed E-state index contributed by atoms with van der Waals surface area (Å²) in [5.41, 5.74) is -2.00. The molecular weight excluding hydrogens is 488 g/mol. The van der Waals surface area contributed by atoms with Gasteiger partial charge in [-0.3, -0.25) is 14.5 Å².